The van der Waals surface area contributed by atoms with E-state index < -0.39 is 0 Å². The summed E-state index contributed by atoms with van der Waals surface area (Å²) in [5.41, 5.74) is 2.59. The van der Waals surface area contributed by atoms with Crippen LogP contribution >= 0.6 is 11.6 Å². The molecule has 4 aromatic rings. The van der Waals surface area contributed by atoms with E-state index in [4.69, 9.17) is 11.6 Å². The number of hydrogen-bond donors (Lipinski definition) is 1. The van der Waals surface area contributed by atoms with Gasteiger partial charge in [0.05, 0.1) is 5.52 Å². The number of nitrogens with one attached hydrogen (secondary N) is 1. The molecule has 27 heavy (non-hydrogen) atoms. The molecule has 3 aromatic carbocycles. The number of rotatable bonds is 3. The van der Waals surface area contributed by atoms with Gasteiger partial charge < -0.3 is 5.32 Å². The van der Waals surface area contributed by atoms with Crippen LogP contribution in [0.5, 0.6) is 0 Å². The number of halogens is 1. The molecule has 0 atom stereocenters. The van der Waals surface area contributed by atoms with E-state index in [0.29, 0.717) is 21.8 Å². The molecule has 0 radical (unpaired) electrons. The lowest BCUT2D eigenvalue weighted by atomic mass is 10.2. The Morgan fingerprint density at radius 3 is 2.30 bits per heavy atom. The van der Waals surface area contributed by atoms with Crippen molar-refractivity contribution >= 4 is 40.0 Å². The number of carbonyl (C=O) groups excluding carboxylic acids is 2. The van der Waals surface area contributed by atoms with Crippen LogP contribution in [0, 0.1) is 0 Å². The van der Waals surface area contributed by atoms with Gasteiger partial charge >= 0.3 is 0 Å². The molecule has 0 saturated heterocycles. The maximum atomic E-state index is 12.7. The molecular weight excluding hydrogens is 360 g/mol. The second kappa shape index (κ2) is 7.09. The van der Waals surface area contributed by atoms with Crippen molar-refractivity contribution in [2.24, 2.45) is 0 Å². The van der Waals surface area contributed by atoms with Gasteiger partial charge in [-0.15, -0.1) is 0 Å². The third kappa shape index (κ3) is 3.48. The zero-order valence-electron chi connectivity index (χ0n) is 14.2. The van der Waals surface area contributed by atoms with Crippen LogP contribution in [0.2, 0.25) is 5.02 Å². The van der Waals surface area contributed by atoms with E-state index >= 15 is 0 Å². The van der Waals surface area contributed by atoms with Crippen LogP contribution in [0.15, 0.2) is 85.1 Å². The molecule has 0 aliphatic rings. The predicted molar refractivity (Wildman–Crippen MR) is 108 cm³/mol. The Kier molecular flexibility index (Phi) is 4.48. The Balaban J connectivity index is 1.60. The molecule has 0 unspecified atom stereocenters. The quantitative estimate of drug-likeness (QED) is 0.533. The van der Waals surface area contributed by atoms with Crippen molar-refractivity contribution in [1.82, 2.24) is 4.57 Å². The fraction of sp³-hybridized carbons (Fsp3) is 0. The standard InChI is InChI=1S/C22H15ClN2O2/c23-18-8-6-15(7-9-18)21(26)24-19-10-11-20-17(14-19)12-13-25(20)22(27)16-4-2-1-3-5-16/h1-14H,(H,24,26). The lowest BCUT2D eigenvalue weighted by molar-refractivity contribution is 0.0964. The highest BCUT2D eigenvalue weighted by molar-refractivity contribution is 6.30. The largest absolute Gasteiger partial charge is 0.322 e. The number of benzene rings is 3. The molecule has 1 amide bonds. The summed E-state index contributed by atoms with van der Waals surface area (Å²) in [6, 6.07) is 23.1. The van der Waals surface area contributed by atoms with Crippen molar-refractivity contribution in [3.63, 3.8) is 0 Å². The summed E-state index contributed by atoms with van der Waals surface area (Å²) < 4.78 is 1.61. The number of hydrogen-bond acceptors (Lipinski definition) is 2. The summed E-state index contributed by atoms with van der Waals surface area (Å²) in [5, 5.41) is 4.31. The van der Waals surface area contributed by atoms with Gasteiger partial charge in [0.15, 0.2) is 0 Å². The lowest BCUT2D eigenvalue weighted by Gasteiger charge is -2.07. The van der Waals surface area contributed by atoms with Crippen LogP contribution in [0.3, 0.4) is 0 Å². The molecule has 0 aliphatic heterocycles. The number of anilines is 1. The van der Waals surface area contributed by atoms with E-state index in [-0.39, 0.29) is 11.8 Å². The molecule has 0 spiro atoms. The SMILES string of the molecule is O=C(Nc1ccc2c(ccn2C(=O)c2ccccc2)c1)c1ccc(Cl)cc1. The molecule has 132 valence electrons. The molecule has 0 fully saturated rings. The molecule has 5 heteroatoms. The average molecular weight is 375 g/mol. The van der Waals surface area contributed by atoms with E-state index in [0.717, 1.165) is 10.9 Å². The van der Waals surface area contributed by atoms with E-state index in [1.807, 2.05) is 36.4 Å². The van der Waals surface area contributed by atoms with Crippen molar-refractivity contribution in [3.05, 3.63) is 101 Å². The average Bonchev–Trinajstić information content (AvgIpc) is 3.11. The second-order valence-electron chi connectivity index (χ2n) is 6.09. The van der Waals surface area contributed by atoms with Crippen LogP contribution in [-0.4, -0.2) is 16.4 Å². The normalized spacial score (nSPS) is 10.7. The molecular formula is C22H15ClN2O2. The van der Waals surface area contributed by atoms with Gasteiger partial charge in [-0.1, -0.05) is 29.8 Å². The highest BCUT2D eigenvalue weighted by atomic mass is 35.5. The number of nitrogens with zero attached hydrogens (tertiary/aromatic N) is 1. The minimum atomic E-state index is -0.217. The monoisotopic (exact) mass is 374 g/mol. The number of amides is 1. The van der Waals surface area contributed by atoms with Crippen LogP contribution in [0.4, 0.5) is 5.69 Å². The smallest absolute Gasteiger partial charge is 0.262 e. The van der Waals surface area contributed by atoms with Crippen LogP contribution in [0.1, 0.15) is 20.7 Å². The number of carbonyl (C=O) groups is 2. The fourth-order valence-electron chi connectivity index (χ4n) is 2.92. The maximum absolute atomic E-state index is 12.7. The molecule has 0 bridgehead atoms. The van der Waals surface area contributed by atoms with Crippen LogP contribution < -0.4 is 5.32 Å². The molecule has 1 heterocycles. The molecule has 0 aliphatic carbocycles. The zero-order valence-corrected chi connectivity index (χ0v) is 15.0. The first-order valence-electron chi connectivity index (χ1n) is 8.39. The van der Waals surface area contributed by atoms with Crippen LogP contribution in [0.25, 0.3) is 10.9 Å². The Hall–Kier alpha value is -3.37. The first-order valence-corrected chi connectivity index (χ1v) is 8.77. The van der Waals surface area contributed by atoms with Crippen molar-refractivity contribution in [3.8, 4) is 0 Å². The van der Waals surface area contributed by atoms with Crippen molar-refractivity contribution < 1.29 is 9.59 Å². The van der Waals surface area contributed by atoms with Gasteiger partial charge in [0, 0.05) is 33.4 Å². The Morgan fingerprint density at radius 2 is 1.56 bits per heavy atom. The third-order valence-corrected chi connectivity index (χ3v) is 4.55. The van der Waals surface area contributed by atoms with Gasteiger partial charge in [0.2, 0.25) is 0 Å². The predicted octanol–water partition coefficient (Wildman–Crippen LogP) is 5.24. The van der Waals surface area contributed by atoms with E-state index in [9.17, 15) is 9.59 Å². The zero-order chi connectivity index (χ0) is 18.8. The Labute approximate surface area is 161 Å². The van der Waals surface area contributed by atoms with Gasteiger partial charge in [0.25, 0.3) is 11.8 Å². The van der Waals surface area contributed by atoms with E-state index in [1.54, 1.807) is 53.2 Å². The lowest BCUT2D eigenvalue weighted by Crippen LogP contribution is -2.12. The van der Waals surface area contributed by atoms with Gasteiger partial charge in [-0.25, -0.2) is 0 Å². The summed E-state index contributed by atoms with van der Waals surface area (Å²) in [4.78, 5) is 25.0. The van der Waals surface area contributed by atoms with Crippen LogP contribution in [-0.2, 0) is 0 Å². The maximum Gasteiger partial charge on any atom is 0.262 e. The van der Waals surface area contributed by atoms with Crippen molar-refractivity contribution in [1.29, 1.82) is 0 Å². The molecule has 4 rings (SSSR count). The van der Waals surface area contributed by atoms with E-state index in [1.165, 1.54) is 0 Å². The van der Waals surface area contributed by atoms with Gasteiger partial charge in [-0.3, -0.25) is 14.2 Å². The Morgan fingerprint density at radius 1 is 0.815 bits per heavy atom. The van der Waals surface area contributed by atoms with Gasteiger partial charge in [-0.2, -0.15) is 0 Å². The summed E-state index contributed by atoms with van der Waals surface area (Å²) in [6.07, 6.45) is 1.74. The van der Waals surface area contributed by atoms with Gasteiger partial charge in [-0.05, 0) is 60.7 Å². The summed E-state index contributed by atoms with van der Waals surface area (Å²) >= 11 is 5.85. The molecule has 0 saturated carbocycles. The Bertz CT molecular complexity index is 1130. The second-order valence-corrected chi connectivity index (χ2v) is 6.53. The van der Waals surface area contributed by atoms with Crippen molar-refractivity contribution in [2.45, 2.75) is 0 Å². The molecule has 4 nitrogen and oxygen atoms in total. The fourth-order valence-corrected chi connectivity index (χ4v) is 3.05. The first kappa shape index (κ1) is 17.1. The number of aromatic nitrogens is 1. The topological polar surface area (TPSA) is 51.1 Å². The first-order chi connectivity index (χ1) is 13.1. The highest BCUT2D eigenvalue weighted by Crippen LogP contribution is 2.22. The third-order valence-electron chi connectivity index (χ3n) is 4.29. The molecule has 1 aromatic heterocycles. The van der Waals surface area contributed by atoms with Crippen molar-refractivity contribution in [2.75, 3.05) is 5.32 Å². The summed E-state index contributed by atoms with van der Waals surface area (Å²) in [5.74, 6) is -0.311. The highest BCUT2D eigenvalue weighted by Gasteiger charge is 2.12. The summed E-state index contributed by atoms with van der Waals surface area (Å²) in [6.45, 7) is 0. The molecule has 1 N–H and O–H groups in total. The van der Waals surface area contributed by atoms with Gasteiger partial charge in [0.1, 0.15) is 0 Å². The summed E-state index contributed by atoms with van der Waals surface area (Å²) in [7, 11) is 0. The minimum absolute atomic E-state index is 0.0939. The minimum Gasteiger partial charge on any atom is -0.322 e. The number of fused-ring (bicyclic) bond motifs is 1. The van der Waals surface area contributed by atoms with E-state index in [2.05, 4.69) is 5.32 Å².